The molecule has 70 valence electrons. The Morgan fingerprint density at radius 3 is 3.00 bits per heavy atom. The van der Waals surface area contributed by atoms with Crippen molar-refractivity contribution < 1.29 is 0 Å². The molecule has 1 aliphatic heterocycles. The highest BCUT2D eigenvalue weighted by atomic mass is 79.9. The average Bonchev–Trinajstić information content (AvgIpc) is 2.62. The van der Waals surface area contributed by atoms with E-state index in [9.17, 15) is 0 Å². The highest BCUT2D eigenvalue weighted by Crippen LogP contribution is 2.09. The Morgan fingerprint density at radius 2 is 2.38 bits per heavy atom. The smallest absolute Gasteiger partial charge is 0.144 e. The number of hydrogen-bond donors (Lipinski definition) is 2. The van der Waals surface area contributed by atoms with Crippen molar-refractivity contribution in [1.82, 2.24) is 15.3 Å². The summed E-state index contributed by atoms with van der Waals surface area (Å²) in [5, 5.41) is 6.60. The van der Waals surface area contributed by atoms with Crippen molar-refractivity contribution in [3.05, 3.63) is 17.0 Å². The van der Waals surface area contributed by atoms with Crippen LogP contribution >= 0.6 is 15.9 Å². The van der Waals surface area contributed by atoms with Gasteiger partial charge in [0.15, 0.2) is 0 Å². The molecule has 1 aromatic heterocycles. The van der Waals surface area contributed by atoms with Crippen LogP contribution in [0.3, 0.4) is 0 Å². The SMILES string of the molecule is Brc1cnc(N[C@H]2CCNC2)cn1. The number of halogens is 1. The summed E-state index contributed by atoms with van der Waals surface area (Å²) in [6.45, 7) is 2.10. The second-order valence-corrected chi connectivity index (χ2v) is 3.87. The van der Waals surface area contributed by atoms with Gasteiger partial charge in [-0.3, -0.25) is 0 Å². The van der Waals surface area contributed by atoms with E-state index in [0.717, 1.165) is 29.9 Å². The van der Waals surface area contributed by atoms with Crippen LogP contribution in [0, 0.1) is 0 Å². The summed E-state index contributed by atoms with van der Waals surface area (Å²) in [6, 6.07) is 0.496. The number of hydrogen-bond acceptors (Lipinski definition) is 4. The second-order valence-electron chi connectivity index (χ2n) is 3.06. The standard InChI is InChI=1S/C8H11BrN4/c9-7-4-12-8(5-11-7)13-6-1-2-10-3-6/h4-6,10H,1-3H2,(H,12,13)/t6-/m0/s1. The van der Waals surface area contributed by atoms with Gasteiger partial charge >= 0.3 is 0 Å². The number of nitrogens with one attached hydrogen (secondary N) is 2. The Labute approximate surface area is 85.3 Å². The van der Waals surface area contributed by atoms with Gasteiger partial charge in [-0.05, 0) is 28.9 Å². The molecular weight excluding hydrogens is 232 g/mol. The van der Waals surface area contributed by atoms with Gasteiger partial charge in [0.2, 0.25) is 0 Å². The van der Waals surface area contributed by atoms with Crippen LogP contribution in [-0.4, -0.2) is 29.1 Å². The molecule has 0 unspecified atom stereocenters. The lowest BCUT2D eigenvalue weighted by atomic mass is 10.3. The molecule has 4 nitrogen and oxygen atoms in total. The lowest BCUT2D eigenvalue weighted by molar-refractivity contribution is 0.786. The van der Waals surface area contributed by atoms with E-state index in [-0.39, 0.29) is 0 Å². The van der Waals surface area contributed by atoms with Gasteiger partial charge in [0.05, 0.1) is 12.4 Å². The van der Waals surface area contributed by atoms with Crippen LogP contribution < -0.4 is 10.6 Å². The van der Waals surface area contributed by atoms with Gasteiger partial charge in [0.1, 0.15) is 10.4 Å². The van der Waals surface area contributed by atoms with Gasteiger partial charge in [0.25, 0.3) is 0 Å². The molecule has 0 radical (unpaired) electrons. The first-order valence-corrected chi connectivity index (χ1v) is 5.09. The summed E-state index contributed by atoms with van der Waals surface area (Å²) in [5.41, 5.74) is 0. The Morgan fingerprint density at radius 1 is 1.46 bits per heavy atom. The predicted molar refractivity (Wildman–Crippen MR) is 54.6 cm³/mol. The minimum absolute atomic E-state index is 0.496. The third-order valence-electron chi connectivity index (χ3n) is 2.03. The summed E-state index contributed by atoms with van der Waals surface area (Å²) in [7, 11) is 0. The van der Waals surface area contributed by atoms with E-state index in [2.05, 4.69) is 36.5 Å². The quantitative estimate of drug-likeness (QED) is 0.814. The molecule has 0 saturated carbocycles. The van der Waals surface area contributed by atoms with Crippen molar-refractivity contribution in [3.63, 3.8) is 0 Å². The third kappa shape index (κ3) is 2.38. The van der Waals surface area contributed by atoms with Crippen molar-refractivity contribution >= 4 is 21.7 Å². The van der Waals surface area contributed by atoms with Crippen molar-refractivity contribution in [3.8, 4) is 0 Å². The number of nitrogens with zero attached hydrogens (tertiary/aromatic N) is 2. The van der Waals surface area contributed by atoms with Crippen LogP contribution in [0.25, 0.3) is 0 Å². The molecule has 2 N–H and O–H groups in total. The van der Waals surface area contributed by atoms with E-state index in [1.165, 1.54) is 0 Å². The normalized spacial score (nSPS) is 21.8. The third-order valence-corrected chi connectivity index (χ3v) is 2.44. The first kappa shape index (κ1) is 8.90. The van der Waals surface area contributed by atoms with Gasteiger partial charge in [-0.2, -0.15) is 0 Å². The summed E-state index contributed by atoms with van der Waals surface area (Å²) < 4.78 is 0.766. The van der Waals surface area contributed by atoms with Crippen LogP contribution in [0.4, 0.5) is 5.82 Å². The summed E-state index contributed by atoms with van der Waals surface area (Å²) in [5.74, 6) is 0.844. The molecule has 1 aromatic rings. The van der Waals surface area contributed by atoms with Crippen molar-refractivity contribution in [2.45, 2.75) is 12.5 Å². The van der Waals surface area contributed by atoms with Gasteiger partial charge in [-0.25, -0.2) is 9.97 Å². The molecule has 2 rings (SSSR count). The Bertz CT molecular complexity index is 268. The summed E-state index contributed by atoms with van der Waals surface area (Å²) >= 11 is 3.24. The van der Waals surface area contributed by atoms with Crippen LogP contribution in [0.15, 0.2) is 17.0 Å². The molecule has 1 aliphatic rings. The first-order valence-electron chi connectivity index (χ1n) is 4.29. The fraction of sp³-hybridized carbons (Fsp3) is 0.500. The molecule has 0 spiro atoms. The number of rotatable bonds is 2. The molecule has 0 amide bonds. The van der Waals surface area contributed by atoms with E-state index in [1.54, 1.807) is 12.4 Å². The van der Waals surface area contributed by atoms with Gasteiger partial charge in [0, 0.05) is 12.6 Å². The van der Waals surface area contributed by atoms with E-state index < -0.39 is 0 Å². The zero-order valence-electron chi connectivity index (χ0n) is 7.13. The first-order chi connectivity index (χ1) is 6.34. The monoisotopic (exact) mass is 242 g/mol. The maximum Gasteiger partial charge on any atom is 0.144 e. The van der Waals surface area contributed by atoms with Gasteiger partial charge in [-0.1, -0.05) is 0 Å². The van der Waals surface area contributed by atoms with E-state index in [1.807, 2.05) is 0 Å². The van der Waals surface area contributed by atoms with Crippen LogP contribution in [0.2, 0.25) is 0 Å². The average molecular weight is 243 g/mol. The largest absolute Gasteiger partial charge is 0.365 e. The molecule has 13 heavy (non-hydrogen) atoms. The Hall–Kier alpha value is -0.680. The molecular formula is C8H11BrN4. The molecule has 2 heterocycles. The van der Waals surface area contributed by atoms with Gasteiger partial charge in [-0.15, -0.1) is 0 Å². The van der Waals surface area contributed by atoms with E-state index in [0.29, 0.717) is 6.04 Å². The zero-order chi connectivity index (χ0) is 9.10. The molecule has 1 saturated heterocycles. The molecule has 1 atom stereocenters. The van der Waals surface area contributed by atoms with E-state index >= 15 is 0 Å². The molecule has 5 heteroatoms. The van der Waals surface area contributed by atoms with Crippen LogP contribution in [0.1, 0.15) is 6.42 Å². The Balaban J connectivity index is 1.97. The summed E-state index contributed by atoms with van der Waals surface area (Å²) in [6.07, 6.45) is 4.59. The molecule has 0 aromatic carbocycles. The zero-order valence-corrected chi connectivity index (χ0v) is 8.71. The lowest BCUT2D eigenvalue weighted by Gasteiger charge is -2.10. The molecule has 0 aliphatic carbocycles. The highest BCUT2D eigenvalue weighted by Gasteiger charge is 2.13. The predicted octanol–water partition coefficient (Wildman–Crippen LogP) is 1.01. The topological polar surface area (TPSA) is 49.8 Å². The lowest BCUT2D eigenvalue weighted by Crippen LogP contribution is -2.22. The minimum atomic E-state index is 0.496. The maximum absolute atomic E-state index is 4.19. The van der Waals surface area contributed by atoms with Crippen molar-refractivity contribution in [1.29, 1.82) is 0 Å². The number of anilines is 1. The molecule has 1 fully saturated rings. The van der Waals surface area contributed by atoms with E-state index in [4.69, 9.17) is 0 Å². The van der Waals surface area contributed by atoms with Gasteiger partial charge < -0.3 is 10.6 Å². The fourth-order valence-corrected chi connectivity index (χ4v) is 1.58. The second kappa shape index (κ2) is 4.02. The van der Waals surface area contributed by atoms with Crippen molar-refractivity contribution in [2.75, 3.05) is 18.4 Å². The molecule has 0 bridgehead atoms. The minimum Gasteiger partial charge on any atom is -0.365 e. The highest BCUT2D eigenvalue weighted by molar-refractivity contribution is 9.10. The Kier molecular flexibility index (Phi) is 2.75. The maximum atomic E-state index is 4.19. The fourth-order valence-electron chi connectivity index (χ4n) is 1.37. The van der Waals surface area contributed by atoms with Crippen LogP contribution in [0.5, 0.6) is 0 Å². The number of aromatic nitrogens is 2. The van der Waals surface area contributed by atoms with Crippen LogP contribution in [-0.2, 0) is 0 Å². The summed E-state index contributed by atoms with van der Waals surface area (Å²) in [4.78, 5) is 8.29. The van der Waals surface area contributed by atoms with Crippen molar-refractivity contribution in [2.24, 2.45) is 0 Å².